The van der Waals surface area contributed by atoms with Crippen LogP contribution in [0.2, 0.25) is 0 Å². The molecule has 0 unspecified atom stereocenters. The summed E-state index contributed by atoms with van der Waals surface area (Å²) in [6, 6.07) is 10.9. The topological polar surface area (TPSA) is 84.1 Å². The van der Waals surface area contributed by atoms with Gasteiger partial charge in [-0.15, -0.1) is 0 Å². The van der Waals surface area contributed by atoms with Crippen molar-refractivity contribution in [3.05, 3.63) is 58.4 Å². The maximum Gasteiger partial charge on any atom is 0.338 e. The van der Waals surface area contributed by atoms with Crippen LogP contribution in [0.3, 0.4) is 0 Å². The molecule has 0 bridgehead atoms. The number of aromatic nitrogens is 1. The lowest BCUT2D eigenvalue weighted by molar-refractivity contribution is -0.116. The number of esters is 1. The fraction of sp³-hybridized carbons (Fsp3) is 0.250. The molecule has 1 N–H and O–H groups in total. The number of carbonyl (C=O) groups excluding carboxylic acids is 2. The van der Waals surface area contributed by atoms with E-state index in [1.807, 2.05) is 42.7 Å². The molecule has 2 aromatic rings. The van der Waals surface area contributed by atoms with E-state index < -0.39 is 5.91 Å². The molecule has 1 aromatic heterocycles. The quantitative estimate of drug-likeness (QED) is 0.510. The van der Waals surface area contributed by atoms with Gasteiger partial charge >= 0.3 is 5.97 Å². The molecule has 134 valence electrons. The van der Waals surface area contributed by atoms with E-state index in [9.17, 15) is 9.59 Å². The van der Waals surface area contributed by atoms with Gasteiger partial charge in [-0.1, -0.05) is 0 Å². The van der Waals surface area contributed by atoms with Gasteiger partial charge in [0.05, 0.1) is 12.2 Å². The Kier molecular flexibility index (Phi) is 5.97. The van der Waals surface area contributed by atoms with E-state index in [4.69, 9.17) is 10.00 Å². The molecule has 6 nitrogen and oxygen atoms in total. The Morgan fingerprint density at radius 1 is 1.27 bits per heavy atom. The number of aryl methyl sites for hydroxylation is 1. The van der Waals surface area contributed by atoms with E-state index in [-0.39, 0.29) is 11.5 Å². The summed E-state index contributed by atoms with van der Waals surface area (Å²) in [5, 5.41) is 11.6. The predicted molar refractivity (Wildman–Crippen MR) is 98.9 cm³/mol. The zero-order chi connectivity index (χ0) is 19.3. The Hall–Kier alpha value is -3.33. The van der Waals surface area contributed by atoms with Crippen LogP contribution in [0.25, 0.3) is 11.8 Å². The summed E-state index contributed by atoms with van der Waals surface area (Å²) in [5.74, 6) is -0.774. The van der Waals surface area contributed by atoms with Crippen molar-refractivity contribution in [3.8, 4) is 11.8 Å². The Morgan fingerprint density at radius 3 is 2.46 bits per heavy atom. The maximum absolute atomic E-state index is 11.8. The van der Waals surface area contributed by atoms with Crippen LogP contribution in [-0.2, 0) is 9.53 Å². The van der Waals surface area contributed by atoms with Gasteiger partial charge in [-0.2, -0.15) is 5.26 Å². The Balaban J connectivity index is 2.42. The van der Waals surface area contributed by atoms with Gasteiger partial charge in [0.1, 0.15) is 11.6 Å². The van der Waals surface area contributed by atoms with Crippen LogP contribution in [0.1, 0.15) is 34.2 Å². The molecule has 1 amide bonds. The standard InChI is InChI=1S/C20H21N3O3/c1-5-26-20(25)15-6-8-18(9-7-15)23-13(2)10-16(14(23)3)11-17(12-21)19(24)22-4/h6-11H,5H2,1-4H3,(H,22,24)/b17-11+. The lowest BCUT2D eigenvalue weighted by Gasteiger charge is -2.10. The first-order chi connectivity index (χ1) is 12.4. The molecule has 0 saturated carbocycles. The third-order valence-corrected chi connectivity index (χ3v) is 4.00. The van der Waals surface area contributed by atoms with Gasteiger partial charge in [-0.05, 0) is 62.7 Å². The molecule has 0 atom stereocenters. The third kappa shape index (κ3) is 3.83. The van der Waals surface area contributed by atoms with Crippen LogP contribution in [0.4, 0.5) is 0 Å². The number of rotatable bonds is 5. The van der Waals surface area contributed by atoms with Crippen LogP contribution < -0.4 is 5.32 Å². The molecule has 0 radical (unpaired) electrons. The minimum absolute atomic E-state index is 0.0467. The molecule has 1 aromatic carbocycles. The predicted octanol–water partition coefficient (Wildman–Crippen LogP) is 2.92. The molecule has 0 saturated heterocycles. The summed E-state index contributed by atoms with van der Waals surface area (Å²) in [6.45, 7) is 5.95. The molecule has 2 rings (SSSR count). The van der Waals surface area contributed by atoms with Gasteiger partial charge in [0.2, 0.25) is 0 Å². The third-order valence-electron chi connectivity index (χ3n) is 4.00. The molecule has 0 aliphatic heterocycles. The van der Waals surface area contributed by atoms with Gasteiger partial charge in [0.15, 0.2) is 0 Å². The van der Waals surface area contributed by atoms with Gasteiger partial charge in [0, 0.05) is 24.1 Å². The van der Waals surface area contributed by atoms with Crippen LogP contribution >= 0.6 is 0 Å². The van der Waals surface area contributed by atoms with E-state index >= 15 is 0 Å². The SMILES string of the molecule is CCOC(=O)c1ccc(-n2c(C)cc(/C=C(\C#N)C(=O)NC)c2C)cc1. The van der Waals surface area contributed by atoms with Crippen molar-refractivity contribution in [3.63, 3.8) is 0 Å². The molecule has 1 heterocycles. The normalized spacial score (nSPS) is 11.0. The highest BCUT2D eigenvalue weighted by Crippen LogP contribution is 2.23. The minimum Gasteiger partial charge on any atom is -0.462 e. The molecule has 26 heavy (non-hydrogen) atoms. The summed E-state index contributed by atoms with van der Waals surface area (Å²) in [5.41, 5.74) is 4.05. The number of hydrogen-bond donors (Lipinski definition) is 1. The zero-order valence-corrected chi connectivity index (χ0v) is 15.3. The Morgan fingerprint density at radius 2 is 1.92 bits per heavy atom. The first-order valence-electron chi connectivity index (χ1n) is 8.23. The number of amides is 1. The van der Waals surface area contributed by atoms with Gasteiger partial charge in [-0.25, -0.2) is 4.79 Å². The van der Waals surface area contributed by atoms with Crippen molar-refractivity contribution < 1.29 is 14.3 Å². The highest BCUT2D eigenvalue weighted by molar-refractivity contribution is 6.01. The first-order valence-corrected chi connectivity index (χ1v) is 8.23. The van der Waals surface area contributed by atoms with Crippen molar-refractivity contribution in [2.75, 3.05) is 13.7 Å². The molecule has 0 aliphatic carbocycles. The molecule has 0 spiro atoms. The second-order valence-electron chi connectivity index (χ2n) is 5.68. The van der Waals surface area contributed by atoms with E-state index in [0.717, 1.165) is 22.6 Å². The molecular weight excluding hydrogens is 330 g/mol. The number of hydrogen-bond acceptors (Lipinski definition) is 4. The highest BCUT2D eigenvalue weighted by atomic mass is 16.5. The lowest BCUT2D eigenvalue weighted by atomic mass is 10.1. The smallest absolute Gasteiger partial charge is 0.338 e. The summed E-state index contributed by atoms with van der Waals surface area (Å²) in [6.07, 6.45) is 1.57. The first kappa shape index (κ1) is 19.0. The second kappa shape index (κ2) is 8.17. The number of ether oxygens (including phenoxy) is 1. The van der Waals surface area contributed by atoms with Crippen molar-refractivity contribution >= 4 is 18.0 Å². The zero-order valence-electron chi connectivity index (χ0n) is 15.3. The van der Waals surface area contributed by atoms with Crippen LogP contribution in [0.15, 0.2) is 35.9 Å². The van der Waals surface area contributed by atoms with Crippen molar-refractivity contribution in [1.29, 1.82) is 5.26 Å². The molecule has 6 heteroatoms. The van der Waals surface area contributed by atoms with Crippen molar-refractivity contribution in [2.24, 2.45) is 0 Å². The largest absolute Gasteiger partial charge is 0.462 e. The highest BCUT2D eigenvalue weighted by Gasteiger charge is 2.13. The number of likely N-dealkylation sites (N-methyl/N-ethyl adjacent to an activating group) is 1. The maximum atomic E-state index is 11.8. The van der Waals surface area contributed by atoms with E-state index in [1.54, 1.807) is 25.1 Å². The van der Waals surface area contributed by atoms with Crippen LogP contribution in [0, 0.1) is 25.2 Å². The van der Waals surface area contributed by atoms with Crippen molar-refractivity contribution in [2.45, 2.75) is 20.8 Å². The molecule has 0 aliphatic rings. The summed E-state index contributed by atoms with van der Waals surface area (Å²) in [7, 11) is 1.49. The number of nitriles is 1. The molecule has 0 fully saturated rings. The molecular formula is C20H21N3O3. The lowest BCUT2D eigenvalue weighted by Crippen LogP contribution is -2.19. The van der Waals surface area contributed by atoms with Crippen LogP contribution in [0.5, 0.6) is 0 Å². The van der Waals surface area contributed by atoms with Crippen molar-refractivity contribution in [1.82, 2.24) is 9.88 Å². The second-order valence-corrected chi connectivity index (χ2v) is 5.68. The number of nitrogens with one attached hydrogen (secondary N) is 1. The fourth-order valence-electron chi connectivity index (χ4n) is 2.73. The van der Waals surface area contributed by atoms with E-state index in [1.165, 1.54) is 7.05 Å². The van der Waals surface area contributed by atoms with Gasteiger partial charge in [0.25, 0.3) is 5.91 Å². The summed E-state index contributed by atoms with van der Waals surface area (Å²) in [4.78, 5) is 23.5. The van der Waals surface area contributed by atoms with E-state index in [2.05, 4.69) is 5.32 Å². The number of benzene rings is 1. The van der Waals surface area contributed by atoms with Gasteiger partial charge < -0.3 is 14.6 Å². The summed E-state index contributed by atoms with van der Waals surface area (Å²) < 4.78 is 6.99. The number of nitrogens with zero attached hydrogens (tertiary/aromatic N) is 2. The van der Waals surface area contributed by atoms with E-state index in [0.29, 0.717) is 12.2 Å². The monoisotopic (exact) mass is 351 g/mol. The fourth-order valence-corrected chi connectivity index (χ4v) is 2.73. The average molecular weight is 351 g/mol. The average Bonchev–Trinajstić information content (AvgIpc) is 2.92. The van der Waals surface area contributed by atoms with Crippen LogP contribution in [-0.4, -0.2) is 30.1 Å². The Bertz CT molecular complexity index is 900. The summed E-state index contributed by atoms with van der Waals surface area (Å²) >= 11 is 0. The van der Waals surface area contributed by atoms with Gasteiger partial charge in [-0.3, -0.25) is 4.79 Å². The Labute approximate surface area is 152 Å². The number of carbonyl (C=O) groups is 2. The minimum atomic E-state index is -0.420.